The third kappa shape index (κ3) is 3.58. The Morgan fingerprint density at radius 1 is 1.53 bits per heavy atom. The molecular formula is C11H14BrNO5S. The van der Waals surface area contributed by atoms with Crippen molar-refractivity contribution in [2.24, 2.45) is 11.1 Å². The summed E-state index contributed by atoms with van der Waals surface area (Å²) in [4.78, 5) is 11.4. The third-order valence-corrected chi connectivity index (χ3v) is 4.91. The number of carbonyl (C=O) groups is 1. The van der Waals surface area contributed by atoms with E-state index in [1.807, 2.05) is 0 Å². The number of primary sulfonamides is 1. The lowest BCUT2D eigenvalue weighted by molar-refractivity contribution is 0.0427. The van der Waals surface area contributed by atoms with Crippen LogP contribution in [0.1, 0.15) is 36.2 Å². The normalized spacial score (nSPS) is 16.1. The lowest BCUT2D eigenvalue weighted by atomic mass is 9.83. The molecule has 0 aromatic carbocycles. The van der Waals surface area contributed by atoms with Crippen LogP contribution in [0.3, 0.4) is 0 Å². The molecule has 0 amide bonds. The highest BCUT2D eigenvalue weighted by Gasteiger charge is 2.23. The largest absolute Gasteiger partial charge is 0.460 e. The van der Waals surface area contributed by atoms with Gasteiger partial charge in [0.2, 0.25) is 15.8 Å². The summed E-state index contributed by atoms with van der Waals surface area (Å²) in [5, 5.41) is 4.97. The molecule has 1 aromatic heterocycles. The molecule has 0 saturated heterocycles. The zero-order chi connectivity index (χ0) is 14.0. The number of furan rings is 1. The topological polar surface area (TPSA) is 99.6 Å². The second-order valence-corrected chi connectivity index (χ2v) is 6.77. The zero-order valence-corrected chi connectivity index (χ0v) is 12.5. The van der Waals surface area contributed by atoms with E-state index in [9.17, 15) is 13.2 Å². The fourth-order valence-corrected chi connectivity index (χ4v) is 3.32. The van der Waals surface area contributed by atoms with Gasteiger partial charge in [-0.05, 0) is 28.3 Å². The van der Waals surface area contributed by atoms with E-state index in [0.29, 0.717) is 12.5 Å². The van der Waals surface area contributed by atoms with Crippen LogP contribution in [0, 0.1) is 5.92 Å². The Kier molecular flexibility index (Phi) is 4.32. The van der Waals surface area contributed by atoms with Gasteiger partial charge in [-0.15, -0.1) is 0 Å². The second kappa shape index (κ2) is 5.64. The van der Waals surface area contributed by atoms with Crippen LogP contribution in [0.15, 0.2) is 20.0 Å². The highest BCUT2D eigenvalue weighted by molar-refractivity contribution is 9.10. The predicted molar refractivity (Wildman–Crippen MR) is 70.0 cm³/mol. The first-order valence-corrected chi connectivity index (χ1v) is 8.21. The molecule has 6 nitrogen and oxygen atoms in total. The third-order valence-electron chi connectivity index (χ3n) is 3.15. The Hall–Kier alpha value is -0.860. The van der Waals surface area contributed by atoms with E-state index in [4.69, 9.17) is 14.3 Å². The molecule has 1 aromatic rings. The second-order valence-electron chi connectivity index (χ2n) is 4.52. The summed E-state index contributed by atoms with van der Waals surface area (Å²) in [7, 11) is -3.92. The van der Waals surface area contributed by atoms with E-state index in [1.54, 1.807) is 0 Å². The van der Waals surface area contributed by atoms with Crippen molar-refractivity contribution in [1.29, 1.82) is 0 Å². The average Bonchev–Trinajstić information content (AvgIpc) is 2.63. The molecular weight excluding hydrogens is 338 g/mol. The fraction of sp³-hybridized carbons (Fsp3) is 0.545. The Morgan fingerprint density at radius 3 is 2.68 bits per heavy atom. The van der Waals surface area contributed by atoms with Crippen molar-refractivity contribution in [3.63, 3.8) is 0 Å². The highest BCUT2D eigenvalue weighted by atomic mass is 79.9. The fourth-order valence-electron chi connectivity index (χ4n) is 1.82. The van der Waals surface area contributed by atoms with Gasteiger partial charge in [0.25, 0.3) is 0 Å². The van der Waals surface area contributed by atoms with Gasteiger partial charge >= 0.3 is 5.97 Å². The Morgan fingerprint density at radius 2 is 2.21 bits per heavy atom. The van der Waals surface area contributed by atoms with Crippen molar-refractivity contribution in [3.05, 3.63) is 16.5 Å². The molecule has 19 heavy (non-hydrogen) atoms. The van der Waals surface area contributed by atoms with Gasteiger partial charge in [0.15, 0.2) is 4.67 Å². The van der Waals surface area contributed by atoms with Crippen molar-refractivity contribution in [2.75, 3.05) is 6.61 Å². The lowest BCUT2D eigenvalue weighted by Gasteiger charge is -2.24. The molecule has 1 saturated carbocycles. The number of halogens is 1. The molecule has 0 atom stereocenters. The number of hydrogen-bond acceptors (Lipinski definition) is 5. The molecule has 8 heteroatoms. The maximum atomic E-state index is 11.7. The van der Waals surface area contributed by atoms with Crippen molar-refractivity contribution in [2.45, 2.75) is 30.6 Å². The first-order valence-electron chi connectivity index (χ1n) is 5.87. The summed E-state index contributed by atoms with van der Waals surface area (Å²) in [6.07, 6.45) is 4.43. The van der Waals surface area contributed by atoms with E-state index in [-0.39, 0.29) is 15.3 Å². The maximum absolute atomic E-state index is 11.7. The molecule has 1 fully saturated rings. The SMILES string of the molecule is NS(=O)(=O)c1cc(C(=O)OCCC2CCC2)oc1Br. The molecule has 1 aliphatic carbocycles. The molecule has 0 unspecified atom stereocenters. The van der Waals surface area contributed by atoms with Gasteiger partial charge in [-0.3, -0.25) is 0 Å². The zero-order valence-electron chi connectivity index (χ0n) is 10.1. The number of esters is 1. The highest BCUT2D eigenvalue weighted by Crippen LogP contribution is 2.29. The van der Waals surface area contributed by atoms with Crippen LogP contribution in [-0.2, 0) is 14.8 Å². The quantitative estimate of drug-likeness (QED) is 0.818. The van der Waals surface area contributed by atoms with Gasteiger partial charge in [-0.1, -0.05) is 19.3 Å². The summed E-state index contributed by atoms with van der Waals surface area (Å²) in [5.41, 5.74) is 0. The lowest BCUT2D eigenvalue weighted by Crippen LogP contribution is -2.15. The molecule has 2 N–H and O–H groups in total. The van der Waals surface area contributed by atoms with Gasteiger partial charge in [0, 0.05) is 6.07 Å². The van der Waals surface area contributed by atoms with Crippen LogP contribution < -0.4 is 5.14 Å². The number of nitrogens with two attached hydrogens (primary N) is 1. The Balaban J connectivity index is 1.95. The molecule has 1 aliphatic rings. The van der Waals surface area contributed by atoms with E-state index in [0.717, 1.165) is 12.5 Å². The minimum atomic E-state index is -3.92. The van der Waals surface area contributed by atoms with Crippen molar-refractivity contribution in [3.8, 4) is 0 Å². The summed E-state index contributed by atoms with van der Waals surface area (Å²) in [6, 6.07) is 1.06. The number of ether oxygens (including phenoxy) is 1. The molecule has 0 aliphatic heterocycles. The summed E-state index contributed by atoms with van der Waals surface area (Å²) < 4.78 is 32.3. The van der Waals surface area contributed by atoms with Crippen LogP contribution in [0.2, 0.25) is 0 Å². The van der Waals surface area contributed by atoms with Crippen LogP contribution in [0.5, 0.6) is 0 Å². The van der Waals surface area contributed by atoms with E-state index in [2.05, 4.69) is 15.9 Å². The predicted octanol–water partition coefficient (Wildman–Crippen LogP) is 2.04. The van der Waals surface area contributed by atoms with Crippen molar-refractivity contribution in [1.82, 2.24) is 0 Å². The Bertz CT molecular complexity index is 576. The van der Waals surface area contributed by atoms with Gasteiger partial charge < -0.3 is 9.15 Å². The van der Waals surface area contributed by atoms with Gasteiger partial charge in [0.05, 0.1) is 6.61 Å². The standard InChI is InChI=1S/C11H14BrNO5S/c12-10-9(19(13,15)16)6-8(18-10)11(14)17-5-4-7-2-1-3-7/h6-7H,1-5H2,(H2,13,15,16). The smallest absolute Gasteiger partial charge is 0.374 e. The number of rotatable bonds is 5. The van der Waals surface area contributed by atoms with Crippen molar-refractivity contribution >= 4 is 31.9 Å². The first-order chi connectivity index (χ1) is 8.88. The summed E-state index contributed by atoms with van der Waals surface area (Å²) in [6.45, 7) is 0.312. The van der Waals surface area contributed by atoms with Crippen LogP contribution in [-0.4, -0.2) is 21.0 Å². The average molecular weight is 352 g/mol. The Labute approximate surface area is 119 Å². The van der Waals surface area contributed by atoms with Crippen LogP contribution >= 0.6 is 15.9 Å². The molecule has 0 bridgehead atoms. The number of carbonyl (C=O) groups excluding carboxylic acids is 1. The van der Waals surface area contributed by atoms with Crippen molar-refractivity contribution < 1.29 is 22.4 Å². The van der Waals surface area contributed by atoms with Gasteiger partial charge in [-0.2, -0.15) is 0 Å². The van der Waals surface area contributed by atoms with Crippen LogP contribution in [0.4, 0.5) is 0 Å². The molecule has 106 valence electrons. The maximum Gasteiger partial charge on any atom is 0.374 e. The summed E-state index contributed by atoms with van der Waals surface area (Å²) in [5.74, 6) is -0.226. The molecule has 2 rings (SSSR count). The minimum Gasteiger partial charge on any atom is -0.460 e. The minimum absolute atomic E-state index is 0.0963. The van der Waals surface area contributed by atoms with E-state index < -0.39 is 16.0 Å². The first kappa shape index (κ1) is 14.5. The van der Waals surface area contributed by atoms with E-state index in [1.165, 1.54) is 19.3 Å². The van der Waals surface area contributed by atoms with Gasteiger partial charge in [-0.25, -0.2) is 18.4 Å². The summed E-state index contributed by atoms with van der Waals surface area (Å²) >= 11 is 2.90. The molecule has 0 radical (unpaired) electrons. The monoisotopic (exact) mass is 351 g/mol. The molecule has 1 heterocycles. The molecule has 0 spiro atoms. The van der Waals surface area contributed by atoms with E-state index >= 15 is 0 Å². The van der Waals surface area contributed by atoms with Gasteiger partial charge in [0.1, 0.15) is 4.90 Å². The number of hydrogen-bond donors (Lipinski definition) is 1. The van der Waals surface area contributed by atoms with Crippen LogP contribution in [0.25, 0.3) is 0 Å². The number of sulfonamides is 1.